The van der Waals surface area contributed by atoms with Gasteiger partial charge in [0.05, 0.1) is 13.2 Å². The molecule has 0 saturated carbocycles. The van der Waals surface area contributed by atoms with Gasteiger partial charge >= 0.3 is 0 Å². The second-order valence-electron chi connectivity index (χ2n) is 3.93. The normalized spacial score (nSPS) is 10.1. The third-order valence-electron chi connectivity index (χ3n) is 2.70. The number of nitroso groups, excluding NO2 is 2. The highest BCUT2D eigenvalue weighted by Crippen LogP contribution is 2.22. The fourth-order valence-electron chi connectivity index (χ4n) is 1.71. The van der Waals surface area contributed by atoms with Crippen molar-refractivity contribution in [1.29, 1.82) is 0 Å². The predicted molar refractivity (Wildman–Crippen MR) is 72.3 cm³/mol. The topological polar surface area (TPSA) is 68.1 Å². The molecule has 0 amide bonds. The highest BCUT2D eigenvalue weighted by atomic mass is 16.5. The average Bonchev–Trinajstić information content (AvgIpc) is 2.48. The van der Waals surface area contributed by atoms with Crippen LogP contribution in [-0.4, -0.2) is 0 Å². The lowest BCUT2D eigenvalue weighted by molar-refractivity contribution is 0.108. The number of hydrogen-bond acceptors (Lipinski definition) is 5. The molecule has 0 atom stereocenters. The van der Waals surface area contributed by atoms with E-state index in [1.165, 1.54) is 0 Å². The molecule has 0 aliphatic heterocycles. The number of hydrogen-bond donors (Lipinski definition) is 0. The van der Waals surface area contributed by atoms with Crippen LogP contribution in [0.4, 0.5) is 11.4 Å². The fraction of sp³-hybridized carbons (Fsp3) is 0.143. The van der Waals surface area contributed by atoms with Crippen molar-refractivity contribution in [2.45, 2.75) is 13.2 Å². The maximum absolute atomic E-state index is 10.6. The van der Waals surface area contributed by atoms with E-state index >= 15 is 0 Å². The Morgan fingerprint density at radius 2 is 1.16 bits per heavy atom. The maximum atomic E-state index is 10.6. The maximum Gasteiger partial charge on any atom is 0.113 e. The summed E-state index contributed by atoms with van der Waals surface area (Å²) in [6.45, 7) is 0.518. The quantitative estimate of drug-likeness (QED) is 0.727. The lowest BCUT2D eigenvalue weighted by atomic mass is 10.2. The highest BCUT2D eigenvalue weighted by Gasteiger charge is 2.04. The van der Waals surface area contributed by atoms with E-state index in [1.807, 2.05) is 12.1 Å². The van der Waals surface area contributed by atoms with Crippen LogP contribution in [-0.2, 0) is 18.0 Å². The minimum Gasteiger partial charge on any atom is -0.372 e. The summed E-state index contributed by atoms with van der Waals surface area (Å²) in [6.07, 6.45) is 0. The summed E-state index contributed by atoms with van der Waals surface area (Å²) in [5, 5.41) is 5.86. The summed E-state index contributed by atoms with van der Waals surface area (Å²) >= 11 is 0. The number of rotatable bonds is 6. The molecule has 5 heteroatoms. The van der Waals surface area contributed by atoms with Crippen molar-refractivity contribution in [3.05, 3.63) is 69.5 Å². The van der Waals surface area contributed by atoms with Gasteiger partial charge in [0, 0.05) is 11.1 Å². The van der Waals surface area contributed by atoms with E-state index in [0.717, 1.165) is 0 Å². The van der Waals surface area contributed by atoms with Gasteiger partial charge in [0.25, 0.3) is 0 Å². The van der Waals surface area contributed by atoms with Gasteiger partial charge < -0.3 is 4.74 Å². The van der Waals surface area contributed by atoms with Crippen molar-refractivity contribution in [1.82, 2.24) is 0 Å². The zero-order chi connectivity index (χ0) is 13.5. The molecular formula is C14H12N2O3. The Morgan fingerprint density at radius 3 is 1.58 bits per heavy atom. The van der Waals surface area contributed by atoms with Crippen LogP contribution in [0.1, 0.15) is 11.1 Å². The van der Waals surface area contributed by atoms with Crippen molar-refractivity contribution in [2.24, 2.45) is 10.4 Å². The molecule has 2 aromatic rings. The first-order valence-electron chi connectivity index (χ1n) is 5.75. The van der Waals surface area contributed by atoms with Crippen molar-refractivity contribution in [3.8, 4) is 0 Å². The number of nitrogens with zero attached hydrogens (tertiary/aromatic N) is 2. The summed E-state index contributed by atoms with van der Waals surface area (Å²) in [5.41, 5.74) is 2.16. The number of benzene rings is 2. The van der Waals surface area contributed by atoms with E-state index < -0.39 is 0 Å². The molecule has 2 rings (SSSR count). The molecule has 0 heterocycles. The van der Waals surface area contributed by atoms with Crippen LogP contribution in [0, 0.1) is 9.81 Å². The fourth-order valence-corrected chi connectivity index (χ4v) is 1.71. The molecule has 0 N–H and O–H groups in total. The monoisotopic (exact) mass is 256 g/mol. The van der Waals surface area contributed by atoms with E-state index in [9.17, 15) is 9.81 Å². The molecule has 0 saturated heterocycles. The molecule has 19 heavy (non-hydrogen) atoms. The molecule has 0 aliphatic rings. The van der Waals surface area contributed by atoms with Gasteiger partial charge in [0.1, 0.15) is 11.4 Å². The van der Waals surface area contributed by atoms with Crippen molar-refractivity contribution in [3.63, 3.8) is 0 Å². The molecule has 0 radical (unpaired) electrons. The lowest BCUT2D eigenvalue weighted by Gasteiger charge is -2.06. The van der Waals surface area contributed by atoms with Crippen LogP contribution in [0.5, 0.6) is 0 Å². The summed E-state index contributed by atoms with van der Waals surface area (Å²) < 4.78 is 5.49. The molecular weight excluding hydrogens is 244 g/mol. The van der Waals surface area contributed by atoms with Gasteiger partial charge in [-0.25, -0.2) is 0 Å². The first-order chi connectivity index (χ1) is 9.35. The van der Waals surface area contributed by atoms with E-state index in [2.05, 4.69) is 10.4 Å². The standard InChI is InChI=1S/C14H12N2O3/c17-15-13-7-3-1-5-11(13)9-19-10-12-6-2-4-8-14(12)16-18/h1-8H,9-10H2. The Hall–Kier alpha value is -2.40. The summed E-state index contributed by atoms with van der Waals surface area (Å²) in [6, 6.07) is 13.9. The molecule has 0 fully saturated rings. The Bertz CT molecular complexity index is 533. The largest absolute Gasteiger partial charge is 0.372 e. The van der Waals surface area contributed by atoms with Crippen LogP contribution in [0.15, 0.2) is 58.9 Å². The van der Waals surface area contributed by atoms with E-state index in [1.54, 1.807) is 36.4 Å². The summed E-state index contributed by atoms with van der Waals surface area (Å²) in [5.74, 6) is 0. The Labute approximate surface area is 110 Å². The van der Waals surface area contributed by atoms with Crippen LogP contribution in [0.3, 0.4) is 0 Å². The Kier molecular flexibility index (Phi) is 4.47. The molecule has 2 aromatic carbocycles. The molecule has 96 valence electrons. The van der Waals surface area contributed by atoms with Gasteiger partial charge in [-0.2, -0.15) is 0 Å². The SMILES string of the molecule is O=Nc1ccccc1COCc1ccccc1N=O. The molecule has 5 nitrogen and oxygen atoms in total. The minimum atomic E-state index is 0.259. The zero-order valence-corrected chi connectivity index (χ0v) is 10.2. The second kappa shape index (κ2) is 6.51. The van der Waals surface area contributed by atoms with Crippen molar-refractivity contribution >= 4 is 11.4 Å². The molecule has 0 aromatic heterocycles. The molecule has 0 bridgehead atoms. The van der Waals surface area contributed by atoms with E-state index in [-0.39, 0.29) is 13.2 Å². The first kappa shape index (κ1) is 13.0. The van der Waals surface area contributed by atoms with Crippen LogP contribution >= 0.6 is 0 Å². The minimum absolute atomic E-state index is 0.259. The van der Waals surface area contributed by atoms with E-state index in [4.69, 9.17) is 4.74 Å². The van der Waals surface area contributed by atoms with Gasteiger partial charge in [0.15, 0.2) is 0 Å². The third kappa shape index (κ3) is 3.29. The predicted octanol–water partition coefficient (Wildman–Crippen LogP) is 4.20. The van der Waals surface area contributed by atoms with Crippen LogP contribution in [0.2, 0.25) is 0 Å². The van der Waals surface area contributed by atoms with Crippen LogP contribution < -0.4 is 0 Å². The first-order valence-corrected chi connectivity index (χ1v) is 5.75. The third-order valence-corrected chi connectivity index (χ3v) is 2.70. The molecule has 0 aliphatic carbocycles. The number of ether oxygens (including phenoxy) is 1. The Balaban J connectivity index is 2.00. The van der Waals surface area contributed by atoms with E-state index in [0.29, 0.717) is 22.5 Å². The van der Waals surface area contributed by atoms with Crippen LogP contribution in [0.25, 0.3) is 0 Å². The summed E-state index contributed by atoms with van der Waals surface area (Å²) in [4.78, 5) is 21.2. The highest BCUT2D eigenvalue weighted by molar-refractivity contribution is 5.46. The van der Waals surface area contributed by atoms with Gasteiger partial charge in [-0.3, -0.25) is 0 Å². The molecule has 0 unspecified atom stereocenters. The summed E-state index contributed by atoms with van der Waals surface area (Å²) in [7, 11) is 0. The Morgan fingerprint density at radius 1 is 0.737 bits per heavy atom. The lowest BCUT2D eigenvalue weighted by Crippen LogP contribution is -1.94. The van der Waals surface area contributed by atoms with Crippen molar-refractivity contribution < 1.29 is 4.74 Å². The zero-order valence-electron chi connectivity index (χ0n) is 10.2. The van der Waals surface area contributed by atoms with Gasteiger partial charge in [-0.1, -0.05) is 36.4 Å². The molecule has 0 spiro atoms. The smallest absolute Gasteiger partial charge is 0.113 e. The van der Waals surface area contributed by atoms with Gasteiger partial charge in [-0.15, -0.1) is 9.81 Å². The van der Waals surface area contributed by atoms with Gasteiger partial charge in [-0.05, 0) is 22.5 Å². The second-order valence-corrected chi connectivity index (χ2v) is 3.93. The van der Waals surface area contributed by atoms with Crippen molar-refractivity contribution in [2.75, 3.05) is 0 Å². The average molecular weight is 256 g/mol. The van der Waals surface area contributed by atoms with Gasteiger partial charge in [0.2, 0.25) is 0 Å².